The zero-order chi connectivity index (χ0) is 28.8. The Morgan fingerprint density at radius 1 is 0.947 bits per heavy atom. The average Bonchev–Trinajstić information content (AvgIpc) is 3.23. The number of benzene rings is 1. The number of ether oxygens (including phenoxy) is 1. The Labute approximate surface area is 237 Å². The van der Waals surface area contributed by atoms with Crippen LogP contribution in [-0.2, 0) is 14.9 Å². The van der Waals surface area contributed by atoms with Crippen molar-refractivity contribution in [3.63, 3.8) is 0 Å². The molecule has 210 valence electrons. The van der Waals surface area contributed by atoms with E-state index in [-0.39, 0.29) is 45.9 Å². The minimum absolute atomic E-state index is 0.0171. The van der Waals surface area contributed by atoms with Crippen molar-refractivity contribution in [3.8, 4) is 11.4 Å². The van der Waals surface area contributed by atoms with Gasteiger partial charge in [0, 0.05) is 24.3 Å². The van der Waals surface area contributed by atoms with Gasteiger partial charge in [-0.25, -0.2) is 4.98 Å². The summed E-state index contributed by atoms with van der Waals surface area (Å²) >= 11 is 3.52. The van der Waals surface area contributed by atoms with Gasteiger partial charge in [-0.3, -0.25) is 9.59 Å². The zero-order valence-electron chi connectivity index (χ0n) is 25.1. The van der Waals surface area contributed by atoms with Crippen LogP contribution in [0.3, 0.4) is 0 Å². The van der Waals surface area contributed by atoms with Crippen LogP contribution in [0.15, 0.2) is 24.3 Å². The second kappa shape index (κ2) is 10.9. The average molecular weight is 589 g/mol. The van der Waals surface area contributed by atoms with Crippen molar-refractivity contribution in [2.75, 3.05) is 0 Å². The molecule has 6 nitrogen and oxygen atoms in total. The molecule has 1 heterocycles. The number of aromatic nitrogens is 3. The molecule has 0 N–H and O–H groups in total. The molecule has 3 unspecified atom stereocenters. The number of hydrogen-bond donors (Lipinski definition) is 0. The summed E-state index contributed by atoms with van der Waals surface area (Å²) in [6.45, 7) is 23.6. The number of esters is 1. The van der Waals surface area contributed by atoms with Crippen LogP contribution >= 0.6 is 15.9 Å². The van der Waals surface area contributed by atoms with Crippen LogP contribution in [0.25, 0.3) is 11.4 Å². The first kappa shape index (κ1) is 30.5. The second-order valence-corrected chi connectivity index (χ2v) is 15.3. The number of carbonyl (C=O) groups is 2. The van der Waals surface area contributed by atoms with Gasteiger partial charge in [0.25, 0.3) is 0 Å². The summed E-state index contributed by atoms with van der Waals surface area (Å²) in [7, 11) is 0. The molecule has 7 heteroatoms. The predicted molar refractivity (Wildman–Crippen MR) is 156 cm³/mol. The number of carbonyl (C=O) groups excluding carboxylic acids is 2. The van der Waals surface area contributed by atoms with Gasteiger partial charge in [-0.2, -0.15) is 4.68 Å². The Hall–Kier alpha value is -2.02. The highest BCUT2D eigenvalue weighted by atomic mass is 79.9. The first-order chi connectivity index (χ1) is 17.3. The molecule has 0 spiro atoms. The van der Waals surface area contributed by atoms with Gasteiger partial charge in [0.1, 0.15) is 6.10 Å². The summed E-state index contributed by atoms with van der Waals surface area (Å²) < 4.78 is 7.57. The minimum Gasteiger partial charge on any atom is -0.461 e. The lowest BCUT2D eigenvalue weighted by atomic mass is 9.59. The number of halogens is 1. The van der Waals surface area contributed by atoms with Crippen molar-refractivity contribution < 1.29 is 14.3 Å². The lowest BCUT2D eigenvalue weighted by Crippen LogP contribution is -2.49. The van der Waals surface area contributed by atoms with E-state index in [1.165, 1.54) is 17.2 Å². The van der Waals surface area contributed by atoms with Crippen molar-refractivity contribution >= 4 is 27.8 Å². The van der Waals surface area contributed by atoms with Crippen LogP contribution in [-0.4, -0.2) is 32.7 Å². The summed E-state index contributed by atoms with van der Waals surface area (Å²) in [5.41, 5.74) is 1.97. The van der Waals surface area contributed by atoms with Crippen LogP contribution in [0.2, 0.25) is 0 Å². The Balaban J connectivity index is 1.94. The third-order valence-electron chi connectivity index (χ3n) is 7.96. The molecule has 0 amide bonds. The van der Waals surface area contributed by atoms with E-state index in [2.05, 4.69) is 95.2 Å². The molecule has 0 aliphatic heterocycles. The number of nitrogens with zero attached hydrogens (tertiary/aromatic N) is 3. The fourth-order valence-electron chi connectivity index (χ4n) is 5.63. The molecule has 1 saturated carbocycles. The van der Waals surface area contributed by atoms with Gasteiger partial charge in [-0.05, 0) is 40.6 Å². The quantitative estimate of drug-likeness (QED) is 0.267. The van der Waals surface area contributed by atoms with Gasteiger partial charge < -0.3 is 4.74 Å². The number of alkyl halides is 1. The van der Waals surface area contributed by atoms with E-state index in [0.29, 0.717) is 11.7 Å². The number of rotatable bonds is 4. The first-order valence-electron chi connectivity index (χ1n) is 13.7. The standard InChI is InChI=1S/C31H46BrN3O3/c1-18-16-22(30(6,7)8)25(23(17-18)31(9,10)11)38-28(37)24(32)27-33-26(34-35(27)19(2)36)20-12-14-21(15-13-20)29(3,4)5/h12-15,18,22-25H,16-17H2,1-11H3. The molecule has 1 aliphatic rings. The molecule has 0 radical (unpaired) electrons. The summed E-state index contributed by atoms with van der Waals surface area (Å²) in [5, 5.41) is 4.46. The van der Waals surface area contributed by atoms with Crippen molar-refractivity contribution in [2.45, 2.75) is 105 Å². The normalized spacial score (nSPS) is 23.7. The number of hydrogen-bond acceptors (Lipinski definition) is 5. The Morgan fingerprint density at radius 3 is 1.87 bits per heavy atom. The second-order valence-electron chi connectivity index (χ2n) is 14.3. The molecule has 0 bridgehead atoms. The zero-order valence-corrected chi connectivity index (χ0v) is 26.6. The van der Waals surface area contributed by atoms with Gasteiger partial charge in [0.15, 0.2) is 16.5 Å². The maximum absolute atomic E-state index is 13.7. The van der Waals surface area contributed by atoms with Crippen LogP contribution in [0, 0.1) is 28.6 Å². The molecule has 2 aromatic rings. The van der Waals surface area contributed by atoms with Gasteiger partial charge in [0.2, 0.25) is 5.91 Å². The highest BCUT2D eigenvalue weighted by molar-refractivity contribution is 9.09. The topological polar surface area (TPSA) is 74.1 Å². The van der Waals surface area contributed by atoms with Crippen molar-refractivity contribution in [1.29, 1.82) is 0 Å². The highest BCUT2D eigenvalue weighted by Crippen LogP contribution is 2.50. The SMILES string of the molecule is CC(=O)n1nc(-c2ccc(C(C)(C)C)cc2)nc1C(Br)C(=O)OC1C(C(C)(C)C)CC(C)CC1C(C)(C)C. The van der Waals surface area contributed by atoms with Crippen molar-refractivity contribution in [2.24, 2.45) is 28.6 Å². The van der Waals surface area contributed by atoms with Crippen molar-refractivity contribution in [3.05, 3.63) is 35.7 Å². The van der Waals surface area contributed by atoms with Crippen LogP contribution in [0.5, 0.6) is 0 Å². The smallest absolute Gasteiger partial charge is 0.327 e. The van der Waals surface area contributed by atoms with Crippen LogP contribution in [0.1, 0.15) is 110 Å². The van der Waals surface area contributed by atoms with Gasteiger partial charge >= 0.3 is 5.97 Å². The lowest BCUT2D eigenvalue weighted by molar-refractivity contribution is -0.168. The molecule has 0 saturated heterocycles. The Bertz CT molecular complexity index is 1130. The molecule has 1 aromatic heterocycles. The molecule has 38 heavy (non-hydrogen) atoms. The summed E-state index contributed by atoms with van der Waals surface area (Å²) in [6.07, 6.45) is 1.80. The summed E-state index contributed by atoms with van der Waals surface area (Å²) in [4.78, 5) is 29.9. The fourth-order valence-corrected chi connectivity index (χ4v) is 6.03. The van der Waals surface area contributed by atoms with E-state index in [1.807, 2.05) is 24.3 Å². The molecular formula is C31H46BrN3O3. The molecule has 3 rings (SSSR count). The highest BCUT2D eigenvalue weighted by Gasteiger charge is 2.48. The third-order valence-corrected chi connectivity index (χ3v) is 8.74. The Kier molecular flexibility index (Phi) is 8.72. The monoisotopic (exact) mass is 587 g/mol. The summed E-state index contributed by atoms with van der Waals surface area (Å²) in [6, 6.07) is 8.01. The lowest BCUT2D eigenvalue weighted by Gasteiger charge is -2.50. The van der Waals surface area contributed by atoms with Crippen LogP contribution < -0.4 is 0 Å². The molecule has 1 fully saturated rings. The Morgan fingerprint density at radius 2 is 1.45 bits per heavy atom. The van der Waals surface area contributed by atoms with E-state index < -0.39 is 10.8 Å². The molecule has 1 aromatic carbocycles. The van der Waals surface area contributed by atoms with Crippen LogP contribution in [0.4, 0.5) is 0 Å². The molecule has 1 aliphatic carbocycles. The molecular weight excluding hydrogens is 542 g/mol. The summed E-state index contributed by atoms with van der Waals surface area (Å²) in [5.74, 6) is 0.904. The fraction of sp³-hybridized carbons (Fsp3) is 0.677. The van der Waals surface area contributed by atoms with E-state index in [0.717, 1.165) is 18.4 Å². The van der Waals surface area contributed by atoms with E-state index in [4.69, 9.17) is 4.74 Å². The maximum Gasteiger partial charge on any atom is 0.327 e. The molecule has 3 atom stereocenters. The van der Waals surface area contributed by atoms with Gasteiger partial charge in [-0.15, -0.1) is 5.10 Å². The maximum atomic E-state index is 13.7. The van der Waals surface area contributed by atoms with E-state index in [1.54, 1.807) is 0 Å². The van der Waals surface area contributed by atoms with Crippen molar-refractivity contribution in [1.82, 2.24) is 14.8 Å². The largest absolute Gasteiger partial charge is 0.461 e. The third kappa shape index (κ3) is 6.75. The predicted octanol–water partition coefficient (Wildman–Crippen LogP) is 8.01. The first-order valence-corrected chi connectivity index (χ1v) is 14.7. The van der Waals surface area contributed by atoms with Gasteiger partial charge in [0.05, 0.1) is 0 Å². The van der Waals surface area contributed by atoms with E-state index >= 15 is 0 Å². The van der Waals surface area contributed by atoms with E-state index in [9.17, 15) is 9.59 Å². The van der Waals surface area contributed by atoms with Gasteiger partial charge in [-0.1, -0.05) is 109 Å². The minimum atomic E-state index is -0.915.